The van der Waals surface area contributed by atoms with Gasteiger partial charge in [0.2, 0.25) is 0 Å². The quantitative estimate of drug-likeness (QED) is 0.630. The zero-order valence-electron chi connectivity index (χ0n) is 15.0. The zero-order valence-corrected chi connectivity index (χ0v) is 15.8. The molecule has 1 unspecified atom stereocenters. The Kier molecular flexibility index (Phi) is 17.7. The smallest absolute Gasteiger partial charge is 0.157 e. The first-order valence-electron chi connectivity index (χ1n) is 8.36. The third kappa shape index (κ3) is 18.3. The molecule has 0 saturated carbocycles. The monoisotopic (exact) mass is 306 g/mol. The second kappa shape index (κ2) is 15.7. The highest BCUT2D eigenvalue weighted by Gasteiger charge is 2.12. The van der Waals surface area contributed by atoms with Crippen molar-refractivity contribution in [3.8, 4) is 0 Å². The summed E-state index contributed by atoms with van der Waals surface area (Å²) in [5.74, 6) is 1.30. The van der Waals surface area contributed by atoms with E-state index in [1.54, 1.807) is 0 Å². The maximum absolute atomic E-state index is 5.41. The molecule has 0 aromatic carbocycles. The summed E-state index contributed by atoms with van der Waals surface area (Å²) >= 11 is 2.03. The Morgan fingerprint density at radius 3 is 2.10 bits per heavy atom. The summed E-state index contributed by atoms with van der Waals surface area (Å²) in [6.07, 6.45) is 6.02. The van der Waals surface area contributed by atoms with E-state index < -0.39 is 0 Å². The van der Waals surface area contributed by atoms with Crippen molar-refractivity contribution in [2.24, 2.45) is 0 Å². The van der Waals surface area contributed by atoms with Crippen LogP contribution in [0.5, 0.6) is 0 Å². The van der Waals surface area contributed by atoms with Crippen molar-refractivity contribution in [1.82, 2.24) is 0 Å². The van der Waals surface area contributed by atoms with Crippen LogP contribution in [0.15, 0.2) is 0 Å². The van der Waals surface area contributed by atoms with Gasteiger partial charge < -0.3 is 9.47 Å². The molecule has 0 aromatic rings. The van der Waals surface area contributed by atoms with Gasteiger partial charge in [0.1, 0.15) is 0 Å². The van der Waals surface area contributed by atoms with Gasteiger partial charge in [-0.1, -0.05) is 48.5 Å². The fourth-order valence-corrected chi connectivity index (χ4v) is 2.32. The van der Waals surface area contributed by atoms with E-state index in [4.69, 9.17) is 9.47 Å². The molecule has 0 spiro atoms. The molecule has 124 valence electrons. The average Bonchev–Trinajstić information content (AvgIpc) is 2.46. The summed E-state index contributed by atoms with van der Waals surface area (Å²) < 4.78 is 11.2. The third-order valence-electron chi connectivity index (χ3n) is 2.38. The van der Waals surface area contributed by atoms with Crippen molar-refractivity contribution in [3.05, 3.63) is 0 Å². The summed E-state index contributed by atoms with van der Waals surface area (Å²) in [6.45, 7) is 16.8. The van der Waals surface area contributed by atoms with E-state index in [0.717, 1.165) is 26.1 Å². The summed E-state index contributed by atoms with van der Waals surface area (Å²) in [4.78, 5) is 0. The van der Waals surface area contributed by atoms with Crippen molar-refractivity contribution < 1.29 is 9.47 Å². The standard InChI is InChI=1S/C8H16O2.C7H16S.C2H6/c1-2-6-9-8-5-3-4-7-10-8;1-5-6-8-7(2,3)4;1-2/h8H,2-7H2,1H3;5-6H2,1-4H3;1-2H3. The van der Waals surface area contributed by atoms with Gasteiger partial charge in [0.25, 0.3) is 0 Å². The molecule has 20 heavy (non-hydrogen) atoms. The molecule has 0 aromatic heterocycles. The summed E-state index contributed by atoms with van der Waals surface area (Å²) in [6, 6.07) is 0. The van der Waals surface area contributed by atoms with Crippen LogP contribution in [0.2, 0.25) is 0 Å². The van der Waals surface area contributed by atoms with Crippen molar-refractivity contribution >= 4 is 11.8 Å². The lowest BCUT2D eigenvalue weighted by Gasteiger charge is -2.22. The molecular formula is C17H38O2S. The van der Waals surface area contributed by atoms with E-state index in [1.165, 1.54) is 25.0 Å². The Labute approximate surface area is 132 Å². The molecular weight excluding hydrogens is 268 g/mol. The third-order valence-corrected chi connectivity index (χ3v) is 3.86. The fourth-order valence-electron chi connectivity index (χ4n) is 1.50. The predicted molar refractivity (Wildman–Crippen MR) is 93.7 cm³/mol. The second-order valence-electron chi connectivity index (χ2n) is 5.63. The van der Waals surface area contributed by atoms with Gasteiger partial charge in [-0.3, -0.25) is 0 Å². The molecule has 0 aliphatic carbocycles. The zero-order chi connectivity index (χ0) is 15.9. The van der Waals surface area contributed by atoms with Gasteiger partial charge >= 0.3 is 0 Å². The highest BCUT2D eigenvalue weighted by atomic mass is 32.2. The minimum atomic E-state index is 0.105. The van der Waals surface area contributed by atoms with Gasteiger partial charge in [0.05, 0.1) is 0 Å². The Hall–Kier alpha value is 0.270. The van der Waals surface area contributed by atoms with Crippen LogP contribution in [0, 0.1) is 0 Å². The average molecular weight is 307 g/mol. The topological polar surface area (TPSA) is 18.5 Å². The van der Waals surface area contributed by atoms with Crippen LogP contribution in [0.25, 0.3) is 0 Å². The van der Waals surface area contributed by atoms with Gasteiger partial charge in [0, 0.05) is 18.0 Å². The molecule has 3 heteroatoms. The molecule has 1 aliphatic rings. The first-order valence-corrected chi connectivity index (χ1v) is 9.35. The van der Waals surface area contributed by atoms with E-state index in [-0.39, 0.29) is 6.29 Å². The Morgan fingerprint density at radius 1 is 1.10 bits per heavy atom. The van der Waals surface area contributed by atoms with Gasteiger partial charge in [0.15, 0.2) is 6.29 Å². The molecule has 1 aliphatic heterocycles. The van der Waals surface area contributed by atoms with Gasteiger partial charge in [-0.15, -0.1) is 0 Å². The van der Waals surface area contributed by atoms with Crippen LogP contribution in [-0.2, 0) is 9.47 Å². The van der Waals surface area contributed by atoms with E-state index in [1.807, 2.05) is 25.6 Å². The predicted octanol–water partition coefficient (Wildman–Crippen LogP) is 5.89. The Morgan fingerprint density at radius 2 is 1.75 bits per heavy atom. The summed E-state index contributed by atoms with van der Waals surface area (Å²) in [5.41, 5.74) is 0. The number of hydrogen-bond acceptors (Lipinski definition) is 3. The van der Waals surface area contributed by atoms with Crippen LogP contribution in [0.1, 0.15) is 80.6 Å². The van der Waals surface area contributed by atoms with Crippen LogP contribution in [0.3, 0.4) is 0 Å². The molecule has 0 amide bonds. The van der Waals surface area contributed by atoms with Crippen molar-refractivity contribution in [3.63, 3.8) is 0 Å². The molecule has 0 bridgehead atoms. The second-order valence-corrected chi connectivity index (χ2v) is 7.55. The maximum Gasteiger partial charge on any atom is 0.157 e. The first-order chi connectivity index (χ1) is 9.49. The molecule has 1 fully saturated rings. The normalized spacial score (nSPS) is 18.4. The lowest BCUT2D eigenvalue weighted by atomic mass is 10.2. The minimum Gasteiger partial charge on any atom is -0.353 e. The maximum atomic E-state index is 5.41. The number of thioether (sulfide) groups is 1. The fraction of sp³-hybridized carbons (Fsp3) is 1.00. The summed E-state index contributed by atoms with van der Waals surface area (Å²) in [7, 11) is 0. The molecule has 1 rings (SSSR count). The number of rotatable bonds is 5. The van der Waals surface area contributed by atoms with Crippen LogP contribution in [-0.4, -0.2) is 30.0 Å². The van der Waals surface area contributed by atoms with E-state index in [0.29, 0.717) is 4.75 Å². The highest BCUT2D eigenvalue weighted by Crippen LogP contribution is 2.23. The lowest BCUT2D eigenvalue weighted by molar-refractivity contribution is -0.162. The minimum absolute atomic E-state index is 0.105. The van der Waals surface area contributed by atoms with Gasteiger partial charge in [-0.25, -0.2) is 0 Å². The van der Waals surface area contributed by atoms with Crippen molar-refractivity contribution in [2.75, 3.05) is 19.0 Å². The molecule has 0 N–H and O–H groups in total. The van der Waals surface area contributed by atoms with Crippen molar-refractivity contribution in [1.29, 1.82) is 0 Å². The number of ether oxygens (including phenoxy) is 2. The Balaban J connectivity index is 0. The van der Waals surface area contributed by atoms with Crippen molar-refractivity contribution in [2.45, 2.75) is 91.6 Å². The molecule has 1 atom stereocenters. The van der Waals surface area contributed by atoms with Gasteiger partial charge in [-0.2, -0.15) is 11.8 Å². The van der Waals surface area contributed by atoms with Crippen LogP contribution < -0.4 is 0 Å². The largest absolute Gasteiger partial charge is 0.353 e. The Bertz CT molecular complexity index is 172. The lowest BCUT2D eigenvalue weighted by Crippen LogP contribution is -2.22. The first kappa shape index (κ1) is 22.5. The van der Waals surface area contributed by atoms with E-state index in [2.05, 4.69) is 34.6 Å². The van der Waals surface area contributed by atoms with E-state index >= 15 is 0 Å². The summed E-state index contributed by atoms with van der Waals surface area (Å²) in [5, 5.41) is 0. The number of hydrogen-bond donors (Lipinski definition) is 0. The van der Waals surface area contributed by atoms with E-state index in [9.17, 15) is 0 Å². The molecule has 0 radical (unpaired) electrons. The highest BCUT2D eigenvalue weighted by molar-refractivity contribution is 8.00. The molecule has 1 saturated heterocycles. The van der Waals surface area contributed by atoms with Gasteiger partial charge in [-0.05, 0) is 37.9 Å². The van der Waals surface area contributed by atoms with Crippen LogP contribution >= 0.6 is 11.8 Å². The SMILES string of the molecule is CC.CCCOC1CCCCO1.CCCSC(C)(C)C. The molecule has 1 heterocycles. The van der Waals surface area contributed by atoms with Crippen LogP contribution in [0.4, 0.5) is 0 Å². The molecule has 2 nitrogen and oxygen atoms in total.